The van der Waals surface area contributed by atoms with Crippen LogP contribution in [0.3, 0.4) is 0 Å². The lowest BCUT2D eigenvalue weighted by Gasteiger charge is -2.28. The van der Waals surface area contributed by atoms with Crippen molar-refractivity contribution in [2.24, 2.45) is 5.92 Å². The molecule has 1 rings (SSSR count). The molecule has 14 heavy (non-hydrogen) atoms. The third-order valence-electron chi connectivity index (χ3n) is 3.08. The van der Waals surface area contributed by atoms with E-state index in [-0.39, 0.29) is 0 Å². The summed E-state index contributed by atoms with van der Waals surface area (Å²) in [7, 11) is 0. The molecule has 0 bridgehead atoms. The van der Waals surface area contributed by atoms with Gasteiger partial charge in [-0.25, -0.2) is 0 Å². The zero-order valence-electron chi connectivity index (χ0n) is 9.88. The molecule has 0 saturated heterocycles. The highest BCUT2D eigenvalue weighted by Crippen LogP contribution is 2.23. The zero-order chi connectivity index (χ0) is 10.4. The minimum absolute atomic E-state index is 0.359. The number of nitrogens with one attached hydrogen (secondary N) is 1. The Labute approximate surface area is 88.4 Å². The van der Waals surface area contributed by atoms with Gasteiger partial charge in [0.15, 0.2) is 0 Å². The van der Waals surface area contributed by atoms with Crippen LogP contribution in [0.5, 0.6) is 0 Å². The van der Waals surface area contributed by atoms with Gasteiger partial charge in [-0.3, -0.25) is 0 Å². The van der Waals surface area contributed by atoms with Crippen molar-refractivity contribution in [1.29, 1.82) is 0 Å². The monoisotopic (exact) mass is 199 g/mol. The molecule has 1 aliphatic rings. The van der Waals surface area contributed by atoms with E-state index in [1.54, 1.807) is 0 Å². The van der Waals surface area contributed by atoms with Gasteiger partial charge in [0, 0.05) is 19.2 Å². The molecule has 0 aromatic rings. The predicted molar refractivity (Wildman–Crippen MR) is 60.5 cm³/mol. The molecule has 84 valence electrons. The number of ether oxygens (including phenoxy) is 1. The third-order valence-corrected chi connectivity index (χ3v) is 3.08. The number of hydrogen-bond acceptors (Lipinski definition) is 2. The molecule has 2 nitrogen and oxygen atoms in total. The average Bonchev–Trinajstić information content (AvgIpc) is 2.15. The average molecular weight is 199 g/mol. The second kappa shape index (κ2) is 6.41. The molecule has 0 radical (unpaired) electrons. The van der Waals surface area contributed by atoms with Crippen LogP contribution in [0.1, 0.15) is 46.5 Å². The molecule has 0 aliphatic heterocycles. The van der Waals surface area contributed by atoms with Crippen molar-refractivity contribution in [2.45, 2.75) is 58.6 Å². The molecule has 2 heteroatoms. The largest absolute Gasteiger partial charge is 0.377 e. The summed E-state index contributed by atoms with van der Waals surface area (Å²) in [5, 5.41) is 3.61. The van der Waals surface area contributed by atoms with Crippen molar-refractivity contribution in [3.05, 3.63) is 0 Å². The van der Waals surface area contributed by atoms with E-state index in [1.165, 1.54) is 25.7 Å². The van der Waals surface area contributed by atoms with Gasteiger partial charge < -0.3 is 10.1 Å². The summed E-state index contributed by atoms with van der Waals surface area (Å²) in [6.45, 7) is 8.39. The van der Waals surface area contributed by atoms with E-state index in [0.29, 0.717) is 6.10 Å². The van der Waals surface area contributed by atoms with E-state index in [9.17, 15) is 0 Å². The minimum atomic E-state index is 0.359. The predicted octanol–water partition coefficient (Wildman–Crippen LogP) is 2.58. The molecule has 3 atom stereocenters. The van der Waals surface area contributed by atoms with Crippen molar-refractivity contribution in [3.63, 3.8) is 0 Å². The van der Waals surface area contributed by atoms with Crippen LogP contribution in [-0.2, 0) is 4.74 Å². The first-order valence-corrected chi connectivity index (χ1v) is 6.07. The van der Waals surface area contributed by atoms with E-state index in [4.69, 9.17) is 4.74 Å². The lowest BCUT2D eigenvalue weighted by Crippen LogP contribution is -2.38. The van der Waals surface area contributed by atoms with Crippen molar-refractivity contribution < 1.29 is 4.74 Å². The number of hydrogen-bond donors (Lipinski definition) is 1. The summed E-state index contributed by atoms with van der Waals surface area (Å²) in [4.78, 5) is 0. The molecular weight excluding hydrogens is 174 g/mol. The maximum absolute atomic E-state index is 5.50. The summed E-state index contributed by atoms with van der Waals surface area (Å²) < 4.78 is 5.50. The van der Waals surface area contributed by atoms with Gasteiger partial charge in [-0.05, 0) is 32.6 Å². The first-order chi connectivity index (χ1) is 6.72. The lowest BCUT2D eigenvalue weighted by atomic mass is 9.87. The summed E-state index contributed by atoms with van der Waals surface area (Å²) in [6.07, 6.45) is 5.86. The van der Waals surface area contributed by atoms with Gasteiger partial charge in [0.25, 0.3) is 0 Å². The van der Waals surface area contributed by atoms with Crippen LogP contribution in [0.4, 0.5) is 0 Å². The fourth-order valence-corrected chi connectivity index (χ4v) is 2.30. The second-order valence-corrected chi connectivity index (χ2v) is 4.64. The zero-order valence-corrected chi connectivity index (χ0v) is 9.88. The molecule has 0 aromatic heterocycles. The van der Waals surface area contributed by atoms with Gasteiger partial charge in [0.2, 0.25) is 0 Å². The van der Waals surface area contributed by atoms with Gasteiger partial charge in [0.05, 0.1) is 6.10 Å². The summed E-state index contributed by atoms with van der Waals surface area (Å²) in [5.41, 5.74) is 0. The second-order valence-electron chi connectivity index (χ2n) is 4.64. The van der Waals surface area contributed by atoms with E-state index in [0.717, 1.165) is 25.1 Å². The van der Waals surface area contributed by atoms with Crippen LogP contribution in [0, 0.1) is 5.92 Å². The summed E-state index contributed by atoms with van der Waals surface area (Å²) >= 11 is 0. The standard InChI is InChI=1S/C12H25NO/c1-4-14-11(3)9-13-12-7-5-6-10(2)8-12/h10-13H,4-9H2,1-3H3. The fourth-order valence-electron chi connectivity index (χ4n) is 2.30. The van der Waals surface area contributed by atoms with Gasteiger partial charge in [-0.15, -0.1) is 0 Å². The van der Waals surface area contributed by atoms with E-state index >= 15 is 0 Å². The molecule has 1 fully saturated rings. The minimum Gasteiger partial charge on any atom is -0.377 e. The smallest absolute Gasteiger partial charge is 0.0671 e. The quantitative estimate of drug-likeness (QED) is 0.735. The van der Waals surface area contributed by atoms with E-state index in [2.05, 4.69) is 26.1 Å². The molecule has 1 N–H and O–H groups in total. The van der Waals surface area contributed by atoms with Gasteiger partial charge in [-0.1, -0.05) is 19.8 Å². The molecule has 0 spiro atoms. The normalized spacial score (nSPS) is 30.2. The highest BCUT2D eigenvalue weighted by molar-refractivity contribution is 4.76. The molecule has 1 saturated carbocycles. The molecule has 3 unspecified atom stereocenters. The van der Waals surface area contributed by atoms with Crippen LogP contribution < -0.4 is 5.32 Å². The first kappa shape index (κ1) is 12.0. The van der Waals surface area contributed by atoms with E-state index < -0.39 is 0 Å². The van der Waals surface area contributed by atoms with Crippen molar-refractivity contribution in [2.75, 3.05) is 13.2 Å². The van der Waals surface area contributed by atoms with E-state index in [1.807, 2.05) is 0 Å². The Morgan fingerprint density at radius 1 is 1.43 bits per heavy atom. The SMILES string of the molecule is CCOC(C)CNC1CCCC(C)C1. The van der Waals surface area contributed by atoms with Crippen LogP contribution in [-0.4, -0.2) is 25.3 Å². The van der Waals surface area contributed by atoms with Crippen molar-refractivity contribution in [3.8, 4) is 0 Å². The Morgan fingerprint density at radius 3 is 2.86 bits per heavy atom. The fraction of sp³-hybridized carbons (Fsp3) is 1.00. The van der Waals surface area contributed by atoms with Crippen LogP contribution in [0.2, 0.25) is 0 Å². The van der Waals surface area contributed by atoms with Crippen molar-refractivity contribution in [1.82, 2.24) is 5.32 Å². The Hall–Kier alpha value is -0.0800. The molecular formula is C12H25NO. The van der Waals surface area contributed by atoms with Crippen LogP contribution in [0.25, 0.3) is 0 Å². The van der Waals surface area contributed by atoms with Gasteiger partial charge in [-0.2, -0.15) is 0 Å². The highest BCUT2D eigenvalue weighted by atomic mass is 16.5. The van der Waals surface area contributed by atoms with Crippen molar-refractivity contribution >= 4 is 0 Å². The first-order valence-electron chi connectivity index (χ1n) is 6.07. The lowest BCUT2D eigenvalue weighted by molar-refractivity contribution is 0.0719. The maximum Gasteiger partial charge on any atom is 0.0671 e. The van der Waals surface area contributed by atoms with Gasteiger partial charge >= 0.3 is 0 Å². The molecule has 0 aromatic carbocycles. The Morgan fingerprint density at radius 2 is 2.21 bits per heavy atom. The molecule has 0 heterocycles. The Balaban J connectivity index is 2.10. The summed E-state index contributed by atoms with van der Waals surface area (Å²) in [6, 6.07) is 0.738. The third kappa shape index (κ3) is 4.43. The topological polar surface area (TPSA) is 21.3 Å². The highest BCUT2D eigenvalue weighted by Gasteiger charge is 2.18. The number of rotatable bonds is 5. The Bertz CT molecular complexity index is 149. The van der Waals surface area contributed by atoms with Gasteiger partial charge in [0.1, 0.15) is 0 Å². The Kier molecular flexibility index (Phi) is 5.49. The maximum atomic E-state index is 5.50. The molecule has 0 amide bonds. The van der Waals surface area contributed by atoms with Crippen LogP contribution >= 0.6 is 0 Å². The summed E-state index contributed by atoms with van der Waals surface area (Å²) in [5.74, 6) is 0.906. The molecule has 1 aliphatic carbocycles. The van der Waals surface area contributed by atoms with Crippen LogP contribution in [0.15, 0.2) is 0 Å².